The Morgan fingerprint density at radius 3 is 2.48 bits per heavy atom. The molecular formula is C32H27F7N8O2S. The Balaban J connectivity index is 0.000000477. The van der Waals surface area contributed by atoms with Crippen molar-refractivity contribution in [2.45, 2.75) is 25.1 Å². The summed E-state index contributed by atoms with van der Waals surface area (Å²) in [6.45, 7) is 0.309. The average Bonchev–Trinajstić information content (AvgIpc) is 3.51. The van der Waals surface area contributed by atoms with Gasteiger partial charge in [-0.3, -0.25) is 0 Å². The number of fused-ring (bicyclic) bond motifs is 1. The lowest BCUT2D eigenvalue weighted by Gasteiger charge is -2.24. The number of nitrogens with two attached hydrogens (primary N) is 2. The number of rotatable bonds is 4. The second-order valence-corrected chi connectivity index (χ2v) is 12.6. The molecule has 3 aromatic heterocycles. The van der Waals surface area contributed by atoms with Crippen molar-refractivity contribution in [1.82, 2.24) is 19.9 Å². The summed E-state index contributed by atoms with van der Waals surface area (Å²) in [5, 5.41) is 9.00. The van der Waals surface area contributed by atoms with Crippen molar-refractivity contribution in [2.24, 2.45) is 0 Å². The van der Waals surface area contributed by atoms with Crippen molar-refractivity contribution in [3.05, 3.63) is 58.8 Å². The van der Waals surface area contributed by atoms with Crippen LogP contribution >= 0.6 is 11.3 Å². The molecule has 262 valence electrons. The van der Waals surface area contributed by atoms with Gasteiger partial charge in [0.15, 0.2) is 5.82 Å². The van der Waals surface area contributed by atoms with Crippen LogP contribution in [-0.2, 0) is 12.7 Å². The molecule has 0 spiro atoms. The molecule has 7 rings (SSSR count). The van der Waals surface area contributed by atoms with Crippen LogP contribution in [0.15, 0.2) is 30.5 Å². The molecule has 0 saturated carbocycles. The number of thiophene rings is 1. The fourth-order valence-corrected chi connectivity index (χ4v) is 6.92. The van der Waals surface area contributed by atoms with Gasteiger partial charge >= 0.3 is 12.2 Å². The monoisotopic (exact) mass is 720 g/mol. The zero-order valence-electron chi connectivity index (χ0n) is 26.3. The van der Waals surface area contributed by atoms with Gasteiger partial charge < -0.3 is 30.7 Å². The molecule has 5 heterocycles. The van der Waals surface area contributed by atoms with Crippen LogP contribution in [0, 0.1) is 23.0 Å². The number of benzene rings is 2. The SMILES string of the molecule is CN1CCC(F)(F)C1.COc1nc2c3c(c(C(F)(F)F)c(-c4ccc(F)c5sc(N)c(C#N)c45)c(F)c3n1)OCCN2Cc1cccnc1N. The number of halogens is 7. The predicted octanol–water partition coefficient (Wildman–Crippen LogP) is 6.60. The van der Waals surface area contributed by atoms with Crippen molar-refractivity contribution in [3.8, 4) is 29.0 Å². The first-order valence-electron chi connectivity index (χ1n) is 14.9. The molecule has 4 N–H and O–H groups in total. The Kier molecular flexibility index (Phi) is 8.99. The Hall–Kier alpha value is -5.15. The average molecular weight is 721 g/mol. The predicted molar refractivity (Wildman–Crippen MR) is 173 cm³/mol. The van der Waals surface area contributed by atoms with Crippen LogP contribution < -0.4 is 25.8 Å². The third-order valence-corrected chi connectivity index (χ3v) is 9.25. The number of nitrogen functional groups attached to an aromatic ring is 2. The molecular weight excluding hydrogens is 693 g/mol. The summed E-state index contributed by atoms with van der Waals surface area (Å²) < 4.78 is 111. The van der Waals surface area contributed by atoms with E-state index in [4.69, 9.17) is 20.9 Å². The molecule has 0 bridgehead atoms. The summed E-state index contributed by atoms with van der Waals surface area (Å²) in [5.74, 6) is -5.22. The third-order valence-electron chi connectivity index (χ3n) is 8.22. The summed E-state index contributed by atoms with van der Waals surface area (Å²) in [6.07, 6.45) is -3.65. The summed E-state index contributed by atoms with van der Waals surface area (Å²) in [7, 11) is 2.94. The highest BCUT2D eigenvalue weighted by Crippen LogP contribution is 2.53. The van der Waals surface area contributed by atoms with Gasteiger partial charge in [0.1, 0.15) is 52.0 Å². The number of likely N-dealkylation sites (tertiary alicyclic amines) is 1. The normalized spacial score (nSPS) is 15.7. The molecule has 5 aromatic rings. The highest BCUT2D eigenvalue weighted by molar-refractivity contribution is 7.23. The molecule has 1 saturated heterocycles. The molecule has 50 heavy (non-hydrogen) atoms. The number of hydrogen-bond acceptors (Lipinski definition) is 11. The number of pyridine rings is 1. The summed E-state index contributed by atoms with van der Waals surface area (Å²) >= 11 is 0.675. The standard InChI is InChI=1S/C27H18F5N7O2S.C5H9F2N/c1-40-26-37-20-17-21(41-8-7-39(25(17)38-26)10-11-3-2-6-36-23(11)34)18(27(30,31)32)16(19(20)29)12-4-5-14(28)22-15(12)13(9-33)24(35)42-22;1-8-3-2-5(6,7)4-8/h2-6H,7-8,10,35H2,1H3,(H2,34,36);2-4H2,1H3. The number of nitrogens with zero attached hydrogens (tertiary/aromatic N) is 6. The van der Waals surface area contributed by atoms with Gasteiger partial charge in [0.25, 0.3) is 5.92 Å². The van der Waals surface area contributed by atoms with E-state index in [1.165, 1.54) is 13.3 Å². The van der Waals surface area contributed by atoms with E-state index >= 15 is 4.39 Å². The van der Waals surface area contributed by atoms with Crippen LogP contribution in [0.25, 0.3) is 32.1 Å². The largest absolute Gasteiger partial charge is 0.490 e. The number of methoxy groups -OCH3 is 1. The van der Waals surface area contributed by atoms with Gasteiger partial charge in [-0.2, -0.15) is 28.4 Å². The lowest BCUT2D eigenvalue weighted by molar-refractivity contribution is -0.138. The summed E-state index contributed by atoms with van der Waals surface area (Å²) in [5.41, 5.74) is 8.81. The molecule has 0 radical (unpaired) electrons. The molecule has 0 aliphatic carbocycles. The molecule has 2 aliphatic rings. The second kappa shape index (κ2) is 12.9. The third kappa shape index (κ3) is 6.22. The van der Waals surface area contributed by atoms with Gasteiger partial charge in [0.05, 0.1) is 35.8 Å². The van der Waals surface area contributed by atoms with Gasteiger partial charge in [-0.25, -0.2) is 22.5 Å². The van der Waals surface area contributed by atoms with Crippen molar-refractivity contribution in [2.75, 3.05) is 56.8 Å². The van der Waals surface area contributed by atoms with Gasteiger partial charge in [-0.1, -0.05) is 12.1 Å². The number of aromatic nitrogens is 3. The van der Waals surface area contributed by atoms with E-state index in [1.807, 2.05) is 0 Å². The quantitative estimate of drug-likeness (QED) is 0.195. The Bertz CT molecular complexity index is 2170. The smallest absolute Gasteiger partial charge is 0.420 e. The molecule has 10 nitrogen and oxygen atoms in total. The van der Waals surface area contributed by atoms with Crippen molar-refractivity contribution in [1.29, 1.82) is 5.26 Å². The van der Waals surface area contributed by atoms with E-state index in [9.17, 15) is 31.6 Å². The zero-order chi connectivity index (χ0) is 36.1. The number of nitriles is 1. The Morgan fingerprint density at radius 2 is 1.88 bits per heavy atom. The number of hydrogen-bond donors (Lipinski definition) is 2. The first-order chi connectivity index (χ1) is 23.6. The summed E-state index contributed by atoms with van der Waals surface area (Å²) in [4.78, 5) is 15.6. The minimum Gasteiger partial charge on any atom is -0.490 e. The molecule has 1 fully saturated rings. The van der Waals surface area contributed by atoms with Crippen molar-refractivity contribution < 1.29 is 40.2 Å². The minimum absolute atomic E-state index is 0.0312. The molecule has 0 amide bonds. The van der Waals surface area contributed by atoms with E-state index in [0.29, 0.717) is 23.4 Å². The highest BCUT2D eigenvalue weighted by atomic mass is 32.1. The lowest BCUT2D eigenvalue weighted by Crippen LogP contribution is -2.28. The van der Waals surface area contributed by atoms with Crippen molar-refractivity contribution in [3.63, 3.8) is 0 Å². The molecule has 0 unspecified atom stereocenters. The maximum Gasteiger partial charge on any atom is 0.420 e. The minimum atomic E-state index is -5.17. The molecule has 18 heteroatoms. The Labute approximate surface area is 283 Å². The Morgan fingerprint density at radius 1 is 1.12 bits per heavy atom. The summed E-state index contributed by atoms with van der Waals surface area (Å²) in [6, 6.07) is 6.68. The van der Waals surface area contributed by atoms with E-state index in [0.717, 1.165) is 12.1 Å². The maximum absolute atomic E-state index is 16.6. The van der Waals surface area contributed by atoms with Crippen LogP contribution in [0.5, 0.6) is 11.8 Å². The van der Waals surface area contributed by atoms with E-state index in [-0.39, 0.29) is 76.3 Å². The van der Waals surface area contributed by atoms with Gasteiger partial charge in [0.2, 0.25) is 0 Å². The van der Waals surface area contributed by atoms with Gasteiger partial charge in [0, 0.05) is 42.2 Å². The molecule has 2 aliphatic heterocycles. The van der Waals surface area contributed by atoms with Crippen LogP contribution in [0.1, 0.15) is 23.1 Å². The zero-order valence-corrected chi connectivity index (χ0v) is 27.2. The topological polar surface area (TPSA) is 139 Å². The lowest BCUT2D eigenvalue weighted by atomic mass is 9.91. The highest BCUT2D eigenvalue weighted by Gasteiger charge is 2.44. The van der Waals surface area contributed by atoms with Crippen LogP contribution in [0.4, 0.5) is 47.4 Å². The van der Waals surface area contributed by atoms with Crippen LogP contribution in [-0.4, -0.2) is 66.2 Å². The fourth-order valence-electron chi connectivity index (χ4n) is 5.98. The maximum atomic E-state index is 16.6. The van der Waals surface area contributed by atoms with Crippen molar-refractivity contribution >= 4 is 49.0 Å². The van der Waals surface area contributed by atoms with Gasteiger partial charge in [-0.05, 0) is 24.7 Å². The van der Waals surface area contributed by atoms with Gasteiger partial charge in [-0.15, -0.1) is 11.3 Å². The first kappa shape index (κ1) is 34.7. The number of anilines is 3. The van der Waals surface area contributed by atoms with Crippen LogP contribution in [0.3, 0.4) is 0 Å². The van der Waals surface area contributed by atoms with E-state index in [1.54, 1.807) is 35.0 Å². The molecule has 2 aromatic carbocycles. The fraction of sp³-hybridized carbons (Fsp3) is 0.312. The number of alkyl halides is 5. The van der Waals surface area contributed by atoms with E-state index < -0.39 is 51.7 Å². The van der Waals surface area contributed by atoms with Crippen LogP contribution in [0.2, 0.25) is 0 Å². The molecule has 0 atom stereocenters. The number of ether oxygens (including phenoxy) is 2. The first-order valence-corrected chi connectivity index (χ1v) is 15.7. The second-order valence-electron chi connectivity index (χ2n) is 11.6. The van der Waals surface area contributed by atoms with E-state index in [2.05, 4.69) is 15.0 Å².